The predicted octanol–water partition coefficient (Wildman–Crippen LogP) is 3.38. The van der Waals surface area contributed by atoms with E-state index in [9.17, 15) is 0 Å². The van der Waals surface area contributed by atoms with Gasteiger partial charge in [-0.25, -0.2) is 0 Å². The Balaban J connectivity index is 2.48. The van der Waals surface area contributed by atoms with Crippen LogP contribution in [0.1, 0.15) is 0 Å². The van der Waals surface area contributed by atoms with Crippen molar-refractivity contribution in [3.8, 4) is 0 Å². The van der Waals surface area contributed by atoms with E-state index in [2.05, 4.69) is 64.8 Å². The van der Waals surface area contributed by atoms with Crippen LogP contribution in [0.25, 0.3) is 32.3 Å². The second kappa shape index (κ2) is 3.08. The molecular weight excluding hydrogens is 220 g/mol. The van der Waals surface area contributed by atoms with Gasteiger partial charge in [0.15, 0.2) is 0 Å². The van der Waals surface area contributed by atoms with Crippen molar-refractivity contribution in [1.29, 1.82) is 0 Å². The number of hydrogen-bond acceptors (Lipinski definition) is 0. The first kappa shape index (κ1) is 9.20. The molecule has 0 amide bonds. The first-order valence-corrected chi connectivity index (χ1v) is 6.23. The minimum atomic E-state index is 1.16. The lowest BCUT2D eigenvalue weighted by atomic mass is 9.94. The molecule has 1 heteroatoms. The van der Waals surface area contributed by atoms with E-state index in [-0.39, 0.29) is 0 Å². The van der Waals surface area contributed by atoms with Crippen molar-refractivity contribution in [2.75, 3.05) is 0 Å². The molecule has 0 saturated carbocycles. The van der Waals surface area contributed by atoms with Crippen LogP contribution in [-0.2, 0) is 0 Å². The van der Waals surface area contributed by atoms with Crippen LogP contribution in [0.4, 0.5) is 0 Å². The molecule has 77 valence electrons. The van der Waals surface area contributed by atoms with E-state index in [1.807, 2.05) is 0 Å². The Bertz CT molecular complexity index is 830. The quantitative estimate of drug-likeness (QED) is 0.320. The first-order valence-electron chi connectivity index (χ1n) is 5.73. The zero-order chi connectivity index (χ0) is 11.4. The Hall–Kier alpha value is -1.86. The van der Waals surface area contributed by atoms with Crippen LogP contribution in [0.15, 0.2) is 54.6 Å². The molecular formula is C16H9Si. The summed E-state index contributed by atoms with van der Waals surface area (Å²) >= 11 is 0. The average Bonchev–Trinajstić information content (AvgIpc) is 2.38. The van der Waals surface area contributed by atoms with E-state index in [0.29, 0.717) is 0 Å². The summed E-state index contributed by atoms with van der Waals surface area (Å²) in [7, 11) is 3.70. The molecule has 3 radical (unpaired) electrons. The molecule has 4 aromatic rings. The van der Waals surface area contributed by atoms with E-state index in [4.69, 9.17) is 0 Å². The van der Waals surface area contributed by atoms with E-state index in [1.54, 1.807) is 0 Å². The lowest BCUT2D eigenvalue weighted by molar-refractivity contribution is 1.80. The van der Waals surface area contributed by atoms with Gasteiger partial charge in [-0.3, -0.25) is 0 Å². The third kappa shape index (κ3) is 1.12. The predicted molar refractivity (Wildman–Crippen MR) is 75.5 cm³/mol. The molecule has 17 heavy (non-hydrogen) atoms. The fourth-order valence-electron chi connectivity index (χ4n) is 2.74. The minimum Gasteiger partial charge on any atom is -0.0626 e. The third-order valence-electron chi connectivity index (χ3n) is 3.53. The van der Waals surface area contributed by atoms with E-state index in [1.165, 1.54) is 32.3 Å². The van der Waals surface area contributed by atoms with Gasteiger partial charge in [-0.1, -0.05) is 59.8 Å². The Morgan fingerprint density at radius 3 is 1.94 bits per heavy atom. The Labute approximate surface area is 103 Å². The van der Waals surface area contributed by atoms with Gasteiger partial charge >= 0.3 is 0 Å². The summed E-state index contributed by atoms with van der Waals surface area (Å²) in [6, 6.07) is 19.6. The highest BCUT2D eigenvalue weighted by molar-refractivity contribution is 6.42. The van der Waals surface area contributed by atoms with Crippen LogP contribution in [0.3, 0.4) is 0 Å². The summed E-state index contributed by atoms with van der Waals surface area (Å²) in [5, 5.41) is 9.15. The summed E-state index contributed by atoms with van der Waals surface area (Å²) < 4.78 is 0. The number of rotatable bonds is 0. The molecule has 0 bridgehead atoms. The van der Waals surface area contributed by atoms with Gasteiger partial charge in [0.25, 0.3) is 0 Å². The van der Waals surface area contributed by atoms with E-state index >= 15 is 0 Å². The van der Waals surface area contributed by atoms with Crippen molar-refractivity contribution in [2.45, 2.75) is 0 Å². The molecule has 0 aliphatic heterocycles. The number of benzene rings is 4. The molecule has 0 nitrogen and oxygen atoms in total. The van der Waals surface area contributed by atoms with Gasteiger partial charge in [-0.05, 0) is 32.3 Å². The normalized spacial score (nSPS) is 11.8. The van der Waals surface area contributed by atoms with Gasteiger partial charge in [-0.15, -0.1) is 0 Å². The first-order chi connectivity index (χ1) is 8.34. The average molecular weight is 229 g/mol. The largest absolute Gasteiger partial charge is 0.0720 e. The lowest BCUT2D eigenvalue weighted by Crippen LogP contribution is -2.03. The topological polar surface area (TPSA) is 0 Å². The summed E-state index contributed by atoms with van der Waals surface area (Å²) in [6.07, 6.45) is 0. The highest BCUT2D eigenvalue weighted by Crippen LogP contribution is 2.33. The van der Waals surface area contributed by atoms with Crippen LogP contribution in [0.5, 0.6) is 0 Å². The van der Waals surface area contributed by atoms with Crippen molar-refractivity contribution in [3.05, 3.63) is 54.6 Å². The Morgan fingerprint density at radius 2 is 1.18 bits per heavy atom. The molecule has 4 rings (SSSR count). The molecule has 0 aliphatic rings. The molecule has 0 fully saturated rings. The highest BCUT2D eigenvalue weighted by Gasteiger charge is 2.08. The molecule has 0 aliphatic carbocycles. The summed E-state index contributed by atoms with van der Waals surface area (Å²) in [5.74, 6) is 0. The molecule has 0 heterocycles. The fraction of sp³-hybridized carbons (Fsp3) is 0. The molecule has 0 aromatic heterocycles. The molecule has 4 aromatic carbocycles. The highest BCUT2D eigenvalue weighted by atomic mass is 28.1. The van der Waals surface area contributed by atoms with Crippen molar-refractivity contribution < 1.29 is 0 Å². The number of hydrogen-bond donors (Lipinski definition) is 0. The van der Waals surface area contributed by atoms with Gasteiger partial charge in [0.05, 0.1) is 10.2 Å². The SMILES string of the molecule is [Si]c1ccc2ccc3cccc4ccc1c2c34. The summed E-state index contributed by atoms with van der Waals surface area (Å²) in [5.41, 5.74) is 0. The van der Waals surface area contributed by atoms with Crippen LogP contribution in [0, 0.1) is 0 Å². The monoisotopic (exact) mass is 229 g/mol. The van der Waals surface area contributed by atoms with Gasteiger partial charge in [-0.2, -0.15) is 0 Å². The van der Waals surface area contributed by atoms with Crippen molar-refractivity contribution in [2.24, 2.45) is 0 Å². The second-order valence-electron chi connectivity index (χ2n) is 4.47. The molecule has 0 unspecified atom stereocenters. The zero-order valence-electron chi connectivity index (χ0n) is 9.20. The maximum absolute atomic E-state index is 3.70. The lowest BCUT2D eigenvalue weighted by Gasteiger charge is -2.11. The Morgan fingerprint density at radius 1 is 0.588 bits per heavy atom. The molecule has 0 saturated heterocycles. The standard InChI is InChI=1S/C16H9Si/c17-14-9-7-12-5-4-10-2-1-3-11-6-8-13(14)16(12)15(10)11/h1-9H. The second-order valence-corrected chi connectivity index (χ2v) is 5.01. The summed E-state index contributed by atoms with van der Waals surface area (Å²) in [4.78, 5) is 0. The van der Waals surface area contributed by atoms with E-state index in [0.717, 1.165) is 5.19 Å². The van der Waals surface area contributed by atoms with E-state index < -0.39 is 0 Å². The fourth-order valence-corrected chi connectivity index (χ4v) is 3.03. The third-order valence-corrected chi connectivity index (χ3v) is 3.96. The van der Waals surface area contributed by atoms with Gasteiger partial charge in [0.1, 0.15) is 0 Å². The minimum absolute atomic E-state index is 1.16. The van der Waals surface area contributed by atoms with Crippen molar-refractivity contribution >= 4 is 47.7 Å². The molecule has 0 atom stereocenters. The zero-order valence-corrected chi connectivity index (χ0v) is 10.2. The van der Waals surface area contributed by atoms with Crippen LogP contribution < -0.4 is 5.19 Å². The van der Waals surface area contributed by atoms with Gasteiger partial charge < -0.3 is 0 Å². The van der Waals surface area contributed by atoms with Crippen molar-refractivity contribution in [1.82, 2.24) is 0 Å². The van der Waals surface area contributed by atoms with Crippen LogP contribution in [-0.4, -0.2) is 10.2 Å². The maximum Gasteiger partial charge on any atom is 0.0720 e. The molecule has 0 spiro atoms. The Kier molecular flexibility index (Phi) is 1.67. The molecule has 0 N–H and O–H groups in total. The van der Waals surface area contributed by atoms with Gasteiger partial charge in [0.2, 0.25) is 0 Å². The van der Waals surface area contributed by atoms with Crippen LogP contribution in [0.2, 0.25) is 0 Å². The summed E-state index contributed by atoms with van der Waals surface area (Å²) in [6.45, 7) is 0. The van der Waals surface area contributed by atoms with Crippen LogP contribution >= 0.6 is 0 Å². The smallest absolute Gasteiger partial charge is 0.0626 e. The van der Waals surface area contributed by atoms with Crippen molar-refractivity contribution in [3.63, 3.8) is 0 Å². The van der Waals surface area contributed by atoms with Gasteiger partial charge in [0, 0.05) is 0 Å². The maximum atomic E-state index is 3.70.